The Kier molecular flexibility index (Phi) is 3.09. The Balaban J connectivity index is 1.87. The van der Waals surface area contributed by atoms with Crippen LogP contribution < -0.4 is 5.32 Å². The Morgan fingerprint density at radius 3 is 2.60 bits per heavy atom. The van der Waals surface area contributed by atoms with Gasteiger partial charge in [0, 0.05) is 23.6 Å². The smallest absolute Gasteiger partial charge is 0.255 e. The van der Waals surface area contributed by atoms with Gasteiger partial charge in [0.05, 0.1) is 11.0 Å². The van der Waals surface area contributed by atoms with E-state index in [-0.39, 0.29) is 11.5 Å². The van der Waals surface area contributed by atoms with Crippen molar-refractivity contribution in [2.75, 3.05) is 5.32 Å². The highest BCUT2D eigenvalue weighted by Gasteiger charge is 2.07. The second-order valence-corrected chi connectivity index (χ2v) is 4.22. The van der Waals surface area contributed by atoms with Gasteiger partial charge in [0.2, 0.25) is 0 Å². The molecule has 0 spiro atoms. The van der Waals surface area contributed by atoms with Crippen LogP contribution in [0.4, 0.5) is 10.1 Å². The number of rotatable bonds is 2. The third-order valence-electron chi connectivity index (χ3n) is 2.81. The average Bonchev–Trinajstić information content (AvgIpc) is 2.47. The molecule has 0 saturated heterocycles. The summed E-state index contributed by atoms with van der Waals surface area (Å²) < 4.78 is 13.1. The van der Waals surface area contributed by atoms with E-state index in [1.807, 2.05) is 0 Å². The van der Waals surface area contributed by atoms with Crippen LogP contribution in [0.25, 0.3) is 11.0 Å². The summed E-state index contributed by atoms with van der Waals surface area (Å²) in [6, 6.07) is 10.8. The van der Waals surface area contributed by atoms with Gasteiger partial charge in [-0.3, -0.25) is 14.8 Å². The lowest BCUT2D eigenvalue weighted by Gasteiger charge is -2.06. The molecule has 0 aliphatic rings. The van der Waals surface area contributed by atoms with Crippen LogP contribution in [-0.2, 0) is 0 Å². The van der Waals surface area contributed by atoms with Gasteiger partial charge in [0.1, 0.15) is 5.82 Å². The standard InChI is InChI=1S/C15H10FN3O/c16-11-3-1-2-10(8-11)15(20)19-12-4-5-13-14(9-12)18-7-6-17-13/h1-9H,(H,19,20). The van der Waals surface area contributed by atoms with E-state index in [0.717, 1.165) is 5.52 Å². The van der Waals surface area contributed by atoms with E-state index in [9.17, 15) is 9.18 Å². The summed E-state index contributed by atoms with van der Waals surface area (Å²) in [6.45, 7) is 0. The van der Waals surface area contributed by atoms with Crippen LogP contribution in [0, 0.1) is 5.82 Å². The van der Waals surface area contributed by atoms with Gasteiger partial charge in [-0.15, -0.1) is 0 Å². The fourth-order valence-corrected chi connectivity index (χ4v) is 1.87. The monoisotopic (exact) mass is 267 g/mol. The highest BCUT2D eigenvalue weighted by atomic mass is 19.1. The molecule has 98 valence electrons. The van der Waals surface area contributed by atoms with Crippen molar-refractivity contribution in [3.8, 4) is 0 Å². The molecule has 3 aromatic rings. The number of hydrogen-bond acceptors (Lipinski definition) is 3. The van der Waals surface area contributed by atoms with Crippen LogP contribution in [0.15, 0.2) is 54.9 Å². The molecule has 0 atom stereocenters. The predicted molar refractivity (Wildman–Crippen MR) is 73.9 cm³/mol. The molecule has 0 fully saturated rings. The Morgan fingerprint density at radius 2 is 1.80 bits per heavy atom. The number of anilines is 1. The van der Waals surface area contributed by atoms with E-state index in [2.05, 4.69) is 15.3 Å². The van der Waals surface area contributed by atoms with E-state index in [0.29, 0.717) is 11.2 Å². The maximum atomic E-state index is 13.1. The Bertz CT molecular complexity index is 789. The summed E-state index contributed by atoms with van der Waals surface area (Å²) in [7, 11) is 0. The molecular weight excluding hydrogens is 257 g/mol. The van der Waals surface area contributed by atoms with Crippen molar-refractivity contribution in [1.82, 2.24) is 9.97 Å². The normalized spacial score (nSPS) is 10.4. The predicted octanol–water partition coefficient (Wildman–Crippen LogP) is 3.02. The van der Waals surface area contributed by atoms with E-state index in [1.165, 1.54) is 18.2 Å². The van der Waals surface area contributed by atoms with Crippen LogP contribution in [0.2, 0.25) is 0 Å². The van der Waals surface area contributed by atoms with Crippen LogP contribution >= 0.6 is 0 Å². The molecule has 20 heavy (non-hydrogen) atoms. The van der Waals surface area contributed by atoms with Gasteiger partial charge in [-0.05, 0) is 36.4 Å². The van der Waals surface area contributed by atoms with Crippen molar-refractivity contribution in [3.63, 3.8) is 0 Å². The molecule has 3 rings (SSSR count). The minimum Gasteiger partial charge on any atom is -0.322 e. The minimum absolute atomic E-state index is 0.268. The summed E-state index contributed by atoms with van der Waals surface area (Å²) >= 11 is 0. The molecule has 0 bridgehead atoms. The zero-order chi connectivity index (χ0) is 13.9. The zero-order valence-electron chi connectivity index (χ0n) is 10.4. The van der Waals surface area contributed by atoms with Crippen molar-refractivity contribution in [1.29, 1.82) is 0 Å². The third-order valence-corrected chi connectivity index (χ3v) is 2.81. The van der Waals surface area contributed by atoms with Gasteiger partial charge in [-0.1, -0.05) is 6.07 Å². The highest BCUT2D eigenvalue weighted by molar-refractivity contribution is 6.04. The fraction of sp³-hybridized carbons (Fsp3) is 0. The first-order chi connectivity index (χ1) is 9.72. The summed E-state index contributed by atoms with van der Waals surface area (Å²) in [5, 5.41) is 2.70. The summed E-state index contributed by atoms with van der Waals surface area (Å²) in [5.74, 6) is -0.810. The number of fused-ring (bicyclic) bond motifs is 1. The lowest BCUT2D eigenvalue weighted by Crippen LogP contribution is -2.12. The van der Waals surface area contributed by atoms with Gasteiger partial charge < -0.3 is 5.32 Å². The molecule has 4 nitrogen and oxygen atoms in total. The molecular formula is C15H10FN3O. The topological polar surface area (TPSA) is 54.9 Å². The number of aromatic nitrogens is 2. The molecule has 1 heterocycles. The Morgan fingerprint density at radius 1 is 1.00 bits per heavy atom. The number of halogens is 1. The maximum absolute atomic E-state index is 13.1. The number of nitrogens with zero attached hydrogens (tertiary/aromatic N) is 2. The molecule has 1 N–H and O–H groups in total. The first kappa shape index (κ1) is 12.2. The van der Waals surface area contributed by atoms with Crippen molar-refractivity contribution in [2.45, 2.75) is 0 Å². The number of amides is 1. The molecule has 0 aliphatic carbocycles. The second-order valence-electron chi connectivity index (χ2n) is 4.22. The number of hydrogen-bond donors (Lipinski definition) is 1. The molecule has 0 radical (unpaired) electrons. The second kappa shape index (κ2) is 5.05. The van der Waals surface area contributed by atoms with Gasteiger partial charge in [-0.2, -0.15) is 0 Å². The molecule has 2 aromatic carbocycles. The van der Waals surface area contributed by atoms with Gasteiger partial charge in [-0.25, -0.2) is 4.39 Å². The highest BCUT2D eigenvalue weighted by Crippen LogP contribution is 2.16. The van der Waals surface area contributed by atoms with E-state index < -0.39 is 5.82 Å². The van der Waals surface area contributed by atoms with Gasteiger partial charge >= 0.3 is 0 Å². The van der Waals surface area contributed by atoms with E-state index >= 15 is 0 Å². The van der Waals surface area contributed by atoms with Crippen molar-refractivity contribution < 1.29 is 9.18 Å². The first-order valence-corrected chi connectivity index (χ1v) is 6.00. The van der Waals surface area contributed by atoms with Gasteiger partial charge in [0.15, 0.2) is 0 Å². The van der Waals surface area contributed by atoms with Gasteiger partial charge in [0.25, 0.3) is 5.91 Å². The van der Waals surface area contributed by atoms with Crippen LogP contribution in [0.5, 0.6) is 0 Å². The largest absolute Gasteiger partial charge is 0.322 e. The quantitative estimate of drug-likeness (QED) is 0.776. The third kappa shape index (κ3) is 2.47. The maximum Gasteiger partial charge on any atom is 0.255 e. The zero-order valence-corrected chi connectivity index (χ0v) is 10.4. The van der Waals surface area contributed by atoms with Crippen LogP contribution in [-0.4, -0.2) is 15.9 Å². The Labute approximate surface area is 114 Å². The summed E-state index contributed by atoms with van der Waals surface area (Å²) in [5.41, 5.74) is 2.29. The summed E-state index contributed by atoms with van der Waals surface area (Å²) in [6.07, 6.45) is 3.19. The minimum atomic E-state index is -0.443. The summed E-state index contributed by atoms with van der Waals surface area (Å²) in [4.78, 5) is 20.3. The lowest BCUT2D eigenvalue weighted by atomic mass is 10.2. The fourth-order valence-electron chi connectivity index (χ4n) is 1.87. The number of nitrogens with one attached hydrogen (secondary N) is 1. The molecule has 1 amide bonds. The Hall–Kier alpha value is -2.82. The van der Waals surface area contributed by atoms with Crippen molar-refractivity contribution in [2.24, 2.45) is 0 Å². The molecule has 5 heteroatoms. The molecule has 1 aromatic heterocycles. The number of carbonyl (C=O) groups is 1. The molecule has 0 saturated carbocycles. The van der Waals surface area contributed by atoms with Crippen molar-refractivity contribution >= 4 is 22.6 Å². The van der Waals surface area contributed by atoms with E-state index in [1.54, 1.807) is 36.7 Å². The lowest BCUT2D eigenvalue weighted by molar-refractivity contribution is 0.102. The average molecular weight is 267 g/mol. The molecule has 0 aliphatic heterocycles. The van der Waals surface area contributed by atoms with Crippen LogP contribution in [0.3, 0.4) is 0 Å². The van der Waals surface area contributed by atoms with Crippen molar-refractivity contribution in [3.05, 3.63) is 66.2 Å². The number of carbonyl (C=O) groups excluding carboxylic acids is 1. The SMILES string of the molecule is O=C(Nc1ccc2nccnc2c1)c1cccc(F)c1. The van der Waals surface area contributed by atoms with Crippen LogP contribution in [0.1, 0.15) is 10.4 Å². The molecule has 0 unspecified atom stereocenters. The number of benzene rings is 2. The first-order valence-electron chi connectivity index (χ1n) is 6.00. The van der Waals surface area contributed by atoms with E-state index in [4.69, 9.17) is 0 Å².